The number of rotatable bonds is 5. The molecular formula is C26H21ClF2N4O2. The van der Waals surface area contributed by atoms with Crippen LogP contribution in [-0.2, 0) is 4.79 Å². The second-order valence-electron chi connectivity index (χ2n) is 8.27. The number of pyridine rings is 1. The SMILES string of the molecule is N#CC1CC(F)(F)CCN1C(=O)CNC(=O)c1ccncc1/C=C/c1ccc2cc(Cl)ccc2c1. The molecule has 1 unspecified atom stereocenters. The Morgan fingerprint density at radius 1 is 1.20 bits per heavy atom. The van der Waals surface area contributed by atoms with Crippen molar-refractivity contribution in [1.29, 1.82) is 5.26 Å². The summed E-state index contributed by atoms with van der Waals surface area (Å²) < 4.78 is 27.1. The summed E-state index contributed by atoms with van der Waals surface area (Å²) in [5.74, 6) is -4.07. The molecule has 0 spiro atoms. The van der Waals surface area contributed by atoms with Crippen LogP contribution in [0, 0.1) is 11.3 Å². The van der Waals surface area contributed by atoms with Gasteiger partial charge in [0.1, 0.15) is 6.04 Å². The number of halogens is 3. The Hall–Kier alpha value is -3.83. The highest BCUT2D eigenvalue weighted by atomic mass is 35.5. The van der Waals surface area contributed by atoms with Crippen LogP contribution in [-0.4, -0.2) is 46.8 Å². The summed E-state index contributed by atoms with van der Waals surface area (Å²) >= 11 is 6.04. The second kappa shape index (κ2) is 10.2. The fourth-order valence-electron chi connectivity index (χ4n) is 3.97. The highest BCUT2D eigenvalue weighted by Gasteiger charge is 2.42. The normalized spacial score (nSPS) is 17.3. The fraction of sp³-hybridized carbons (Fsp3) is 0.231. The van der Waals surface area contributed by atoms with Gasteiger partial charge in [0.25, 0.3) is 11.8 Å². The Bertz CT molecular complexity index is 1350. The van der Waals surface area contributed by atoms with Gasteiger partial charge in [-0.25, -0.2) is 8.78 Å². The molecule has 1 atom stereocenters. The largest absolute Gasteiger partial charge is 0.343 e. The van der Waals surface area contributed by atoms with Gasteiger partial charge in [-0.15, -0.1) is 0 Å². The van der Waals surface area contributed by atoms with Crippen LogP contribution >= 0.6 is 11.6 Å². The van der Waals surface area contributed by atoms with Crippen LogP contribution in [0.1, 0.15) is 34.3 Å². The molecule has 1 N–H and O–H groups in total. The highest BCUT2D eigenvalue weighted by molar-refractivity contribution is 6.31. The van der Waals surface area contributed by atoms with Crippen molar-refractivity contribution in [3.05, 3.63) is 76.6 Å². The number of carbonyl (C=O) groups is 2. The van der Waals surface area contributed by atoms with Crippen LogP contribution in [0.5, 0.6) is 0 Å². The van der Waals surface area contributed by atoms with E-state index in [9.17, 15) is 23.6 Å². The minimum atomic E-state index is -2.98. The van der Waals surface area contributed by atoms with Crippen molar-refractivity contribution in [2.24, 2.45) is 0 Å². The Balaban J connectivity index is 1.44. The number of likely N-dealkylation sites (tertiary alicyclic amines) is 1. The summed E-state index contributed by atoms with van der Waals surface area (Å²) in [5, 5.41) is 14.4. The highest BCUT2D eigenvalue weighted by Crippen LogP contribution is 2.31. The Labute approximate surface area is 205 Å². The summed E-state index contributed by atoms with van der Waals surface area (Å²) in [5.41, 5.74) is 1.76. The number of fused-ring (bicyclic) bond motifs is 1. The van der Waals surface area contributed by atoms with E-state index in [1.807, 2.05) is 42.5 Å². The van der Waals surface area contributed by atoms with Gasteiger partial charge in [-0.2, -0.15) is 5.26 Å². The molecule has 4 rings (SSSR count). The minimum Gasteiger partial charge on any atom is -0.343 e. The van der Waals surface area contributed by atoms with E-state index in [-0.39, 0.29) is 6.54 Å². The van der Waals surface area contributed by atoms with Gasteiger partial charge in [0.05, 0.1) is 12.6 Å². The zero-order valence-corrected chi connectivity index (χ0v) is 19.3. The van der Waals surface area contributed by atoms with E-state index < -0.39 is 43.2 Å². The number of alkyl halides is 2. The monoisotopic (exact) mass is 494 g/mol. The van der Waals surface area contributed by atoms with E-state index in [0.29, 0.717) is 16.1 Å². The molecule has 6 nitrogen and oxygen atoms in total. The molecule has 1 saturated heterocycles. The fourth-order valence-corrected chi connectivity index (χ4v) is 4.15. The Kier molecular flexibility index (Phi) is 7.08. The van der Waals surface area contributed by atoms with E-state index >= 15 is 0 Å². The topological polar surface area (TPSA) is 86.1 Å². The first-order valence-electron chi connectivity index (χ1n) is 10.9. The molecule has 2 amide bonds. The molecule has 0 saturated carbocycles. The van der Waals surface area contributed by atoms with Crippen LogP contribution in [0.25, 0.3) is 22.9 Å². The molecule has 1 aliphatic rings. The van der Waals surface area contributed by atoms with Crippen LogP contribution < -0.4 is 5.32 Å². The van der Waals surface area contributed by atoms with Crippen LogP contribution in [0.2, 0.25) is 5.02 Å². The van der Waals surface area contributed by atoms with Gasteiger partial charge in [-0.3, -0.25) is 14.6 Å². The number of amides is 2. The summed E-state index contributed by atoms with van der Waals surface area (Å²) in [4.78, 5) is 30.5. The third-order valence-corrected chi connectivity index (χ3v) is 6.07. The third kappa shape index (κ3) is 5.81. The second-order valence-corrected chi connectivity index (χ2v) is 8.71. The lowest BCUT2D eigenvalue weighted by molar-refractivity contribution is -0.139. The molecule has 0 radical (unpaired) electrons. The standard InChI is InChI=1S/C26H21ClF2N4O2/c27-21-6-5-18-11-17(1-3-19(18)12-21)2-4-20-15-31-9-7-23(20)25(35)32-16-24(34)33-10-8-26(28,29)13-22(33)14-30/h1-7,9,11-12,15,22H,8,10,13,16H2,(H,32,35)/b4-2+. The summed E-state index contributed by atoms with van der Waals surface area (Å²) in [7, 11) is 0. The number of benzene rings is 2. The quantitative estimate of drug-likeness (QED) is 0.544. The lowest BCUT2D eigenvalue weighted by Crippen LogP contribution is -2.51. The Morgan fingerprint density at radius 2 is 1.97 bits per heavy atom. The molecule has 3 aromatic rings. The smallest absolute Gasteiger partial charge is 0.252 e. The molecule has 2 heterocycles. The maximum Gasteiger partial charge on any atom is 0.252 e. The number of nitriles is 1. The van der Waals surface area contributed by atoms with Crippen molar-refractivity contribution in [3.8, 4) is 6.07 Å². The molecule has 1 aromatic heterocycles. The van der Waals surface area contributed by atoms with E-state index in [1.165, 1.54) is 18.5 Å². The average molecular weight is 495 g/mol. The van der Waals surface area contributed by atoms with Crippen molar-refractivity contribution in [1.82, 2.24) is 15.2 Å². The molecule has 35 heavy (non-hydrogen) atoms. The van der Waals surface area contributed by atoms with Crippen molar-refractivity contribution in [3.63, 3.8) is 0 Å². The van der Waals surface area contributed by atoms with Crippen LogP contribution in [0.3, 0.4) is 0 Å². The minimum absolute atomic E-state index is 0.235. The summed E-state index contributed by atoms with van der Waals surface area (Å²) in [6.45, 7) is -0.636. The zero-order chi connectivity index (χ0) is 25.0. The lowest BCUT2D eigenvalue weighted by atomic mass is 9.99. The molecule has 0 aliphatic carbocycles. The van der Waals surface area contributed by atoms with E-state index in [0.717, 1.165) is 21.2 Å². The molecule has 1 fully saturated rings. The number of carbonyl (C=O) groups excluding carboxylic acids is 2. The van der Waals surface area contributed by atoms with E-state index in [2.05, 4.69) is 10.3 Å². The van der Waals surface area contributed by atoms with E-state index in [4.69, 9.17) is 11.6 Å². The Morgan fingerprint density at radius 3 is 2.77 bits per heavy atom. The number of aromatic nitrogens is 1. The van der Waals surface area contributed by atoms with Gasteiger partial charge in [-0.1, -0.05) is 42.0 Å². The number of nitrogens with zero attached hydrogens (tertiary/aromatic N) is 3. The maximum absolute atomic E-state index is 13.6. The lowest BCUT2D eigenvalue weighted by Gasteiger charge is -2.35. The van der Waals surface area contributed by atoms with E-state index in [1.54, 1.807) is 12.1 Å². The molecule has 9 heteroatoms. The first-order valence-corrected chi connectivity index (χ1v) is 11.3. The molecular weight excluding hydrogens is 474 g/mol. The molecule has 0 bridgehead atoms. The zero-order valence-electron chi connectivity index (χ0n) is 18.5. The van der Waals surface area contributed by atoms with Crippen molar-refractivity contribution >= 4 is 46.3 Å². The van der Waals surface area contributed by atoms with Gasteiger partial charge >= 0.3 is 0 Å². The number of hydrogen-bond donors (Lipinski definition) is 1. The summed E-state index contributed by atoms with van der Waals surface area (Å²) in [6, 6.07) is 13.6. The first-order chi connectivity index (χ1) is 16.8. The number of piperidine rings is 1. The van der Waals surface area contributed by atoms with Crippen molar-refractivity contribution in [2.75, 3.05) is 13.1 Å². The predicted molar refractivity (Wildman–Crippen MR) is 130 cm³/mol. The molecule has 2 aromatic carbocycles. The number of hydrogen-bond acceptors (Lipinski definition) is 4. The van der Waals surface area contributed by atoms with Gasteiger partial charge < -0.3 is 10.2 Å². The number of nitrogens with one attached hydrogen (secondary N) is 1. The average Bonchev–Trinajstić information content (AvgIpc) is 2.85. The summed E-state index contributed by atoms with van der Waals surface area (Å²) in [6.07, 6.45) is 5.38. The van der Waals surface area contributed by atoms with Crippen molar-refractivity contribution in [2.45, 2.75) is 24.8 Å². The van der Waals surface area contributed by atoms with Gasteiger partial charge in [-0.05, 0) is 40.6 Å². The molecule has 178 valence electrons. The van der Waals surface area contributed by atoms with Crippen molar-refractivity contribution < 1.29 is 18.4 Å². The van der Waals surface area contributed by atoms with Crippen LogP contribution in [0.4, 0.5) is 8.78 Å². The maximum atomic E-state index is 13.6. The third-order valence-electron chi connectivity index (χ3n) is 5.83. The van der Waals surface area contributed by atoms with Gasteiger partial charge in [0, 0.05) is 47.9 Å². The molecule has 1 aliphatic heterocycles. The van der Waals surface area contributed by atoms with Gasteiger partial charge in [0.2, 0.25) is 5.91 Å². The van der Waals surface area contributed by atoms with Crippen LogP contribution in [0.15, 0.2) is 54.9 Å². The predicted octanol–water partition coefficient (Wildman–Crippen LogP) is 4.94. The van der Waals surface area contributed by atoms with Gasteiger partial charge in [0.15, 0.2) is 0 Å². The first kappa shape index (κ1) is 24.3.